The Kier molecular flexibility index (Phi) is 7.78. The van der Waals surface area contributed by atoms with Crippen LogP contribution >= 0.6 is 0 Å². The Morgan fingerprint density at radius 1 is 0.426 bits per heavy atom. The Hall–Kier alpha value is -5.94. The molecule has 7 aromatic rings. The zero-order valence-corrected chi connectivity index (χ0v) is 25.9. The Bertz CT molecular complexity index is 1890. The fourth-order valence-electron chi connectivity index (χ4n) is 6.98. The third kappa shape index (κ3) is 5.57. The molecule has 0 saturated carbocycles. The molecular formula is C42H33BN4. The number of hydrogen-bond acceptors (Lipinski definition) is 4. The summed E-state index contributed by atoms with van der Waals surface area (Å²) in [4.78, 5) is 14.2. The second-order valence-electron chi connectivity index (χ2n) is 11.9. The van der Waals surface area contributed by atoms with Crippen molar-refractivity contribution in [1.82, 2.24) is 9.97 Å². The molecule has 224 valence electrons. The lowest BCUT2D eigenvalue weighted by Crippen LogP contribution is -2.54. The van der Waals surface area contributed by atoms with E-state index in [1.807, 2.05) is 36.8 Å². The minimum atomic E-state index is -0.0865. The number of pyridine rings is 2. The van der Waals surface area contributed by atoms with E-state index >= 15 is 0 Å². The van der Waals surface area contributed by atoms with E-state index in [-0.39, 0.29) is 19.1 Å². The van der Waals surface area contributed by atoms with Crippen LogP contribution in [0, 0.1) is 0 Å². The van der Waals surface area contributed by atoms with Crippen LogP contribution in [-0.4, -0.2) is 17.0 Å². The zero-order valence-electron chi connectivity index (χ0n) is 25.9. The van der Waals surface area contributed by atoms with Crippen molar-refractivity contribution in [3.63, 3.8) is 0 Å². The quantitative estimate of drug-likeness (QED) is 0.170. The third-order valence-electron chi connectivity index (χ3n) is 9.09. The number of rotatable bonds is 7. The number of anilines is 2. The summed E-state index contributed by atoms with van der Waals surface area (Å²) < 4.78 is 0. The van der Waals surface area contributed by atoms with Gasteiger partial charge < -0.3 is 9.62 Å². The lowest BCUT2D eigenvalue weighted by Gasteiger charge is -2.32. The molecule has 3 heterocycles. The highest BCUT2D eigenvalue weighted by Gasteiger charge is 2.52. The molecule has 0 amide bonds. The van der Waals surface area contributed by atoms with E-state index < -0.39 is 0 Å². The van der Waals surface area contributed by atoms with Gasteiger partial charge in [-0.2, -0.15) is 0 Å². The smallest absolute Gasteiger partial charge is 0.383 e. The fourth-order valence-corrected chi connectivity index (χ4v) is 6.98. The first-order valence-electron chi connectivity index (χ1n) is 16.1. The van der Waals surface area contributed by atoms with E-state index in [9.17, 15) is 0 Å². The molecule has 2 atom stereocenters. The van der Waals surface area contributed by atoms with E-state index in [4.69, 9.17) is 0 Å². The highest BCUT2D eigenvalue weighted by atomic mass is 15.3. The topological polar surface area (TPSA) is 32.3 Å². The van der Waals surface area contributed by atoms with E-state index in [0.717, 1.165) is 33.8 Å². The van der Waals surface area contributed by atoms with Gasteiger partial charge in [0, 0.05) is 35.5 Å². The molecule has 2 aromatic heterocycles. The number of aromatic nitrogens is 2. The van der Waals surface area contributed by atoms with Crippen LogP contribution in [0.2, 0.25) is 0 Å². The van der Waals surface area contributed by atoms with Gasteiger partial charge in [-0.1, -0.05) is 127 Å². The predicted octanol–water partition coefficient (Wildman–Crippen LogP) is 9.02. The van der Waals surface area contributed by atoms with Gasteiger partial charge >= 0.3 is 6.98 Å². The van der Waals surface area contributed by atoms with Crippen molar-refractivity contribution < 1.29 is 0 Å². The van der Waals surface area contributed by atoms with Gasteiger partial charge in [0.2, 0.25) is 0 Å². The summed E-state index contributed by atoms with van der Waals surface area (Å²) in [6.45, 7) is -0.0865. The van der Waals surface area contributed by atoms with Gasteiger partial charge in [0.1, 0.15) is 0 Å². The highest BCUT2D eigenvalue weighted by molar-refractivity contribution is 6.81. The van der Waals surface area contributed by atoms with Crippen molar-refractivity contribution in [1.29, 1.82) is 0 Å². The molecule has 0 radical (unpaired) electrons. The lowest BCUT2D eigenvalue weighted by atomic mass is 9.64. The van der Waals surface area contributed by atoms with E-state index in [2.05, 4.69) is 171 Å². The summed E-state index contributed by atoms with van der Waals surface area (Å²) in [6.07, 6.45) is 5.59. The van der Waals surface area contributed by atoms with Gasteiger partial charge in [-0.05, 0) is 70.2 Å². The standard InChI is InChI=1S/C42H33BN4/c1-4-13-34(14-5-1)41-42(35-15-6-2-7-16-35)47(39-27-23-33(24-28-39)40-20-10-11-30-45-40)43(37-18-8-3-9-19-37)46(41)38-25-21-32(22-26-38)36-17-12-29-44-31-36/h1-31,41-42H. The Morgan fingerprint density at radius 2 is 0.957 bits per heavy atom. The monoisotopic (exact) mass is 604 g/mol. The van der Waals surface area contributed by atoms with Gasteiger partial charge in [-0.3, -0.25) is 9.97 Å². The fraction of sp³-hybridized carbons (Fsp3) is 0.0476. The van der Waals surface area contributed by atoms with Crippen LogP contribution < -0.4 is 15.1 Å². The van der Waals surface area contributed by atoms with Crippen LogP contribution in [0.4, 0.5) is 11.4 Å². The molecule has 1 saturated heterocycles. The van der Waals surface area contributed by atoms with Crippen LogP contribution in [0.15, 0.2) is 188 Å². The van der Waals surface area contributed by atoms with Crippen LogP contribution in [0.3, 0.4) is 0 Å². The summed E-state index contributed by atoms with van der Waals surface area (Å²) in [5.41, 5.74) is 10.4. The molecular weight excluding hydrogens is 571 g/mol. The second-order valence-corrected chi connectivity index (χ2v) is 11.9. The summed E-state index contributed by atoms with van der Waals surface area (Å²) in [7, 11) is 0. The summed E-state index contributed by atoms with van der Waals surface area (Å²) in [5, 5.41) is 0. The molecule has 5 heteroatoms. The molecule has 0 N–H and O–H groups in total. The summed E-state index contributed by atoms with van der Waals surface area (Å²) in [5.74, 6) is 0. The van der Waals surface area contributed by atoms with Crippen molar-refractivity contribution in [3.05, 3.63) is 200 Å². The molecule has 47 heavy (non-hydrogen) atoms. The molecule has 0 aliphatic carbocycles. The minimum absolute atomic E-state index is 0.0162. The van der Waals surface area contributed by atoms with Crippen molar-refractivity contribution in [3.8, 4) is 22.4 Å². The maximum absolute atomic E-state index is 4.61. The van der Waals surface area contributed by atoms with Crippen LogP contribution in [0.1, 0.15) is 23.2 Å². The third-order valence-corrected chi connectivity index (χ3v) is 9.09. The van der Waals surface area contributed by atoms with Gasteiger partial charge in [-0.15, -0.1) is 0 Å². The minimum Gasteiger partial charge on any atom is -0.383 e. The molecule has 0 bridgehead atoms. The first-order valence-corrected chi connectivity index (χ1v) is 16.1. The Labute approximate surface area is 276 Å². The summed E-state index contributed by atoms with van der Waals surface area (Å²) in [6, 6.07) is 60.9. The number of hydrogen-bond donors (Lipinski definition) is 0. The first kappa shape index (κ1) is 28.5. The molecule has 4 nitrogen and oxygen atoms in total. The van der Waals surface area contributed by atoms with Gasteiger partial charge in [0.05, 0.1) is 17.8 Å². The van der Waals surface area contributed by atoms with Gasteiger partial charge in [0.25, 0.3) is 0 Å². The molecule has 5 aromatic carbocycles. The van der Waals surface area contributed by atoms with Gasteiger partial charge in [0.15, 0.2) is 0 Å². The van der Waals surface area contributed by atoms with Crippen molar-refractivity contribution in [2.24, 2.45) is 0 Å². The van der Waals surface area contributed by atoms with Crippen molar-refractivity contribution in [2.45, 2.75) is 12.1 Å². The van der Waals surface area contributed by atoms with Crippen LogP contribution in [0.5, 0.6) is 0 Å². The predicted molar refractivity (Wildman–Crippen MR) is 194 cm³/mol. The van der Waals surface area contributed by atoms with E-state index in [0.29, 0.717) is 0 Å². The van der Waals surface area contributed by atoms with Crippen LogP contribution in [-0.2, 0) is 0 Å². The largest absolute Gasteiger partial charge is 0.412 e. The molecule has 8 rings (SSSR count). The summed E-state index contributed by atoms with van der Waals surface area (Å²) >= 11 is 0. The van der Waals surface area contributed by atoms with Crippen molar-refractivity contribution >= 4 is 23.8 Å². The van der Waals surface area contributed by atoms with E-state index in [1.54, 1.807) is 0 Å². The van der Waals surface area contributed by atoms with Gasteiger partial charge in [-0.25, -0.2) is 0 Å². The Morgan fingerprint density at radius 3 is 1.47 bits per heavy atom. The SMILES string of the molecule is c1ccc(B2N(c3ccc(-c4cccnc4)cc3)C(c3ccccc3)C(c3ccccc3)N2c2ccc(-c3ccccn3)cc2)cc1. The normalized spacial score (nSPS) is 16.0. The first-order chi connectivity index (χ1) is 23.3. The second kappa shape index (κ2) is 12.8. The van der Waals surface area contributed by atoms with Crippen molar-refractivity contribution in [2.75, 3.05) is 9.62 Å². The number of benzene rings is 5. The van der Waals surface area contributed by atoms with Crippen LogP contribution in [0.25, 0.3) is 22.4 Å². The molecule has 1 aliphatic heterocycles. The maximum Gasteiger partial charge on any atom is 0.412 e. The lowest BCUT2D eigenvalue weighted by molar-refractivity contribution is 0.618. The van der Waals surface area contributed by atoms with E-state index in [1.165, 1.54) is 16.6 Å². The maximum atomic E-state index is 4.61. The number of nitrogens with zero attached hydrogens (tertiary/aromatic N) is 4. The average Bonchev–Trinajstić information content (AvgIpc) is 3.53. The zero-order chi connectivity index (χ0) is 31.4. The highest BCUT2D eigenvalue weighted by Crippen LogP contribution is 2.50. The molecule has 1 fully saturated rings. The molecule has 2 unspecified atom stereocenters. The molecule has 0 spiro atoms. The Balaban J connectivity index is 1.34. The molecule has 1 aliphatic rings. The average molecular weight is 605 g/mol.